The molecule has 25 heavy (non-hydrogen) atoms. The maximum atomic E-state index is 9.98. The lowest BCUT2D eigenvalue weighted by atomic mass is 10.00. The van der Waals surface area contributed by atoms with E-state index in [1.54, 1.807) is 16.3 Å². The van der Waals surface area contributed by atoms with Crippen LogP contribution >= 0.6 is 11.8 Å². The summed E-state index contributed by atoms with van der Waals surface area (Å²) in [5.41, 5.74) is 6.56. The molecule has 0 atom stereocenters. The zero-order valence-electron chi connectivity index (χ0n) is 16.2. The number of phenolic OH excluding ortho intramolecular Hbond substituents is 1. The van der Waals surface area contributed by atoms with Crippen molar-refractivity contribution in [2.75, 3.05) is 5.38 Å². The average molecular weight is 371 g/mol. The van der Waals surface area contributed by atoms with Crippen LogP contribution in [0.2, 0.25) is 0 Å². The van der Waals surface area contributed by atoms with Crippen molar-refractivity contribution in [3.63, 3.8) is 0 Å². The van der Waals surface area contributed by atoms with Crippen LogP contribution in [0.5, 0.6) is 5.75 Å². The molecule has 0 spiro atoms. The fourth-order valence-corrected chi connectivity index (χ4v) is 6.15. The molecule has 1 N–H and O–H groups in total. The second kappa shape index (κ2) is 9.49. The third kappa shape index (κ3) is 4.92. The molecule has 2 aromatic rings. The molecule has 2 radical (unpaired) electrons. The van der Waals surface area contributed by atoms with Crippen molar-refractivity contribution >= 4 is 26.5 Å². The SMILES string of the molecule is CCCc1cccc([Si]CSc2c(C)cc(O)c(C)c2C)c1CCC. The summed E-state index contributed by atoms with van der Waals surface area (Å²) in [4.78, 5) is 1.34. The van der Waals surface area contributed by atoms with Crippen LogP contribution in [0.25, 0.3) is 0 Å². The van der Waals surface area contributed by atoms with Crippen molar-refractivity contribution in [3.8, 4) is 5.75 Å². The van der Waals surface area contributed by atoms with Gasteiger partial charge in [-0.1, -0.05) is 50.1 Å². The van der Waals surface area contributed by atoms with Crippen molar-refractivity contribution in [2.24, 2.45) is 0 Å². The second-order valence-electron chi connectivity index (χ2n) is 6.70. The van der Waals surface area contributed by atoms with Crippen LogP contribution in [0.4, 0.5) is 0 Å². The molecular weight excluding hydrogens is 340 g/mol. The van der Waals surface area contributed by atoms with Gasteiger partial charge in [0.1, 0.15) is 5.75 Å². The first kappa shape index (κ1) is 20.1. The number of benzene rings is 2. The number of aryl methyl sites for hydroxylation is 2. The normalized spacial score (nSPS) is 11.1. The summed E-state index contributed by atoms with van der Waals surface area (Å²) in [7, 11) is 0.827. The summed E-state index contributed by atoms with van der Waals surface area (Å²) in [6, 6.07) is 8.77. The van der Waals surface area contributed by atoms with Gasteiger partial charge < -0.3 is 5.11 Å². The van der Waals surface area contributed by atoms with Gasteiger partial charge in [-0.2, -0.15) is 0 Å². The van der Waals surface area contributed by atoms with E-state index in [0.29, 0.717) is 5.75 Å². The molecule has 0 saturated heterocycles. The van der Waals surface area contributed by atoms with Crippen LogP contribution in [-0.2, 0) is 12.8 Å². The van der Waals surface area contributed by atoms with Crippen molar-refractivity contribution in [2.45, 2.75) is 65.2 Å². The summed E-state index contributed by atoms with van der Waals surface area (Å²) in [6.07, 6.45) is 4.81. The highest BCUT2D eigenvalue weighted by atomic mass is 32.2. The van der Waals surface area contributed by atoms with Gasteiger partial charge in [-0.15, -0.1) is 11.8 Å². The maximum Gasteiger partial charge on any atom is 0.119 e. The third-order valence-corrected chi connectivity index (χ3v) is 7.69. The summed E-state index contributed by atoms with van der Waals surface area (Å²) in [5, 5.41) is 12.6. The lowest BCUT2D eigenvalue weighted by Crippen LogP contribution is -2.23. The Bertz CT molecular complexity index is 724. The predicted octanol–water partition coefficient (Wildman–Crippen LogP) is 5.30. The van der Waals surface area contributed by atoms with Crippen LogP contribution in [0.3, 0.4) is 0 Å². The Labute approximate surface area is 160 Å². The van der Waals surface area contributed by atoms with E-state index < -0.39 is 0 Å². The second-order valence-corrected chi connectivity index (χ2v) is 9.44. The molecule has 0 aliphatic heterocycles. The summed E-state index contributed by atoms with van der Waals surface area (Å²) in [5.74, 6) is 0.416. The molecule has 0 aromatic heterocycles. The van der Waals surface area contributed by atoms with Crippen LogP contribution < -0.4 is 5.19 Å². The topological polar surface area (TPSA) is 20.2 Å². The maximum absolute atomic E-state index is 9.98. The average Bonchev–Trinajstić information content (AvgIpc) is 2.58. The molecule has 0 fully saturated rings. The van der Waals surface area contributed by atoms with Crippen LogP contribution in [0, 0.1) is 20.8 Å². The first-order valence-electron chi connectivity index (χ1n) is 9.26. The van der Waals surface area contributed by atoms with Gasteiger partial charge >= 0.3 is 0 Å². The van der Waals surface area contributed by atoms with Crippen LogP contribution in [-0.4, -0.2) is 20.0 Å². The Morgan fingerprint density at radius 3 is 2.40 bits per heavy atom. The van der Waals surface area contributed by atoms with Crippen molar-refractivity contribution in [1.29, 1.82) is 0 Å². The van der Waals surface area contributed by atoms with E-state index in [2.05, 4.69) is 45.9 Å². The monoisotopic (exact) mass is 370 g/mol. The molecular formula is C22H30OSSi. The number of phenols is 1. The lowest BCUT2D eigenvalue weighted by Gasteiger charge is -2.16. The van der Waals surface area contributed by atoms with Crippen molar-refractivity contribution in [3.05, 3.63) is 52.1 Å². The zero-order chi connectivity index (χ0) is 18.4. The molecule has 1 nitrogen and oxygen atoms in total. The van der Waals surface area contributed by atoms with Crippen LogP contribution in [0.15, 0.2) is 29.2 Å². The van der Waals surface area contributed by atoms with Gasteiger partial charge in [-0.05, 0) is 72.9 Å². The smallest absolute Gasteiger partial charge is 0.119 e. The van der Waals surface area contributed by atoms with Gasteiger partial charge in [-0.25, -0.2) is 0 Å². The van der Waals surface area contributed by atoms with Gasteiger partial charge in [0.05, 0.1) is 9.52 Å². The first-order chi connectivity index (χ1) is 12.0. The summed E-state index contributed by atoms with van der Waals surface area (Å²) >= 11 is 1.94. The number of thioether (sulfide) groups is 1. The van der Waals surface area contributed by atoms with E-state index in [4.69, 9.17) is 0 Å². The Kier molecular flexibility index (Phi) is 7.64. The molecule has 134 valence electrons. The van der Waals surface area contributed by atoms with Gasteiger partial charge in [0, 0.05) is 4.90 Å². The summed E-state index contributed by atoms with van der Waals surface area (Å²) in [6.45, 7) is 10.8. The Balaban J connectivity index is 2.15. The van der Waals surface area contributed by atoms with Gasteiger partial charge in [0.25, 0.3) is 0 Å². The van der Waals surface area contributed by atoms with Crippen LogP contribution in [0.1, 0.15) is 54.5 Å². The molecule has 0 heterocycles. The molecule has 2 rings (SSSR count). The first-order valence-corrected chi connectivity index (χ1v) is 11.5. The van der Waals surface area contributed by atoms with E-state index >= 15 is 0 Å². The lowest BCUT2D eigenvalue weighted by molar-refractivity contribution is 0.469. The van der Waals surface area contributed by atoms with Gasteiger partial charge in [0.2, 0.25) is 0 Å². The summed E-state index contributed by atoms with van der Waals surface area (Å²) < 4.78 is 0. The highest BCUT2D eigenvalue weighted by Crippen LogP contribution is 2.33. The quantitative estimate of drug-likeness (QED) is 0.502. The number of rotatable bonds is 8. The Morgan fingerprint density at radius 1 is 1.00 bits per heavy atom. The Hall–Kier alpha value is -1.19. The Morgan fingerprint density at radius 2 is 1.72 bits per heavy atom. The molecule has 0 amide bonds. The highest BCUT2D eigenvalue weighted by molar-refractivity contribution is 8.00. The fraction of sp³-hybridized carbons (Fsp3) is 0.455. The minimum atomic E-state index is 0.416. The third-order valence-electron chi connectivity index (χ3n) is 4.77. The molecule has 0 bridgehead atoms. The minimum Gasteiger partial charge on any atom is -0.508 e. The fourth-order valence-electron chi connectivity index (χ4n) is 3.29. The molecule has 0 aliphatic rings. The number of hydrogen-bond donors (Lipinski definition) is 1. The molecule has 0 saturated carbocycles. The molecule has 2 aromatic carbocycles. The van der Waals surface area contributed by atoms with E-state index in [9.17, 15) is 5.11 Å². The zero-order valence-corrected chi connectivity index (χ0v) is 18.0. The van der Waals surface area contributed by atoms with E-state index in [-0.39, 0.29) is 0 Å². The largest absolute Gasteiger partial charge is 0.508 e. The minimum absolute atomic E-state index is 0.416. The van der Waals surface area contributed by atoms with Crippen molar-refractivity contribution in [1.82, 2.24) is 0 Å². The predicted molar refractivity (Wildman–Crippen MR) is 113 cm³/mol. The van der Waals surface area contributed by atoms with E-state index in [0.717, 1.165) is 20.5 Å². The number of hydrogen-bond acceptors (Lipinski definition) is 2. The van der Waals surface area contributed by atoms with E-state index in [1.807, 2.05) is 24.8 Å². The standard InChI is InChI=1S/C22H30OSSi/c1-6-9-18-11-8-12-21(19(18)10-7-2)25-14-24-22-15(3)13-20(23)16(4)17(22)5/h8,11-13,23H,6-7,9-10,14H2,1-5H3. The highest BCUT2D eigenvalue weighted by Gasteiger charge is 2.12. The molecule has 3 heteroatoms. The molecule has 0 unspecified atom stereocenters. The van der Waals surface area contributed by atoms with Gasteiger partial charge in [0.15, 0.2) is 0 Å². The van der Waals surface area contributed by atoms with Gasteiger partial charge in [-0.3, -0.25) is 0 Å². The van der Waals surface area contributed by atoms with Crippen molar-refractivity contribution < 1.29 is 5.11 Å². The number of aromatic hydroxyl groups is 1. The molecule has 0 aliphatic carbocycles. The van der Waals surface area contributed by atoms with E-state index in [1.165, 1.54) is 41.7 Å².